The molecule has 0 radical (unpaired) electrons. The van der Waals surface area contributed by atoms with Crippen LogP contribution in [0.4, 0.5) is 0 Å². The highest BCUT2D eigenvalue weighted by Gasteiger charge is 2.36. The molecule has 0 bridgehead atoms. The Morgan fingerprint density at radius 2 is 1.95 bits per heavy atom. The standard InChI is InChI=1S/C16H32N2O2/c1-3-7-17-13-16(5-9-19-10-6-16)14-18-8-11-20-12-15(18)4-2/h15,17H,3-14H2,1-2H3. The number of nitrogens with zero attached hydrogens (tertiary/aromatic N) is 1. The third-order valence-electron chi connectivity index (χ3n) is 4.84. The van der Waals surface area contributed by atoms with E-state index in [0.29, 0.717) is 11.5 Å². The third kappa shape index (κ3) is 4.42. The molecule has 2 saturated heterocycles. The van der Waals surface area contributed by atoms with Gasteiger partial charge in [-0.2, -0.15) is 0 Å². The first kappa shape index (κ1) is 16.2. The maximum Gasteiger partial charge on any atom is 0.0622 e. The molecule has 118 valence electrons. The summed E-state index contributed by atoms with van der Waals surface area (Å²) in [6, 6.07) is 0.606. The van der Waals surface area contributed by atoms with Crippen molar-refractivity contribution in [2.75, 3.05) is 52.6 Å². The fourth-order valence-electron chi connectivity index (χ4n) is 3.43. The Hall–Kier alpha value is -0.160. The number of ether oxygens (including phenoxy) is 2. The van der Waals surface area contributed by atoms with E-state index in [4.69, 9.17) is 9.47 Å². The molecule has 2 aliphatic heterocycles. The van der Waals surface area contributed by atoms with Crippen LogP contribution in [-0.2, 0) is 9.47 Å². The van der Waals surface area contributed by atoms with E-state index in [1.54, 1.807) is 0 Å². The van der Waals surface area contributed by atoms with Gasteiger partial charge >= 0.3 is 0 Å². The van der Waals surface area contributed by atoms with Gasteiger partial charge in [-0.25, -0.2) is 0 Å². The predicted octanol–water partition coefficient (Wildman–Crippen LogP) is 1.89. The average molecular weight is 284 g/mol. The van der Waals surface area contributed by atoms with Crippen LogP contribution in [-0.4, -0.2) is 63.5 Å². The predicted molar refractivity (Wildman–Crippen MR) is 82.1 cm³/mol. The van der Waals surface area contributed by atoms with Crippen molar-refractivity contribution in [2.45, 2.75) is 45.6 Å². The van der Waals surface area contributed by atoms with Crippen LogP contribution in [0.25, 0.3) is 0 Å². The molecule has 2 rings (SSSR count). The van der Waals surface area contributed by atoms with Crippen molar-refractivity contribution in [2.24, 2.45) is 5.41 Å². The van der Waals surface area contributed by atoms with Crippen LogP contribution >= 0.6 is 0 Å². The van der Waals surface area contributed by atoms with E-state index in [9.17, 15) is 0 Å². The van der Waals surface area contributed by atoms with E-state index < -0.39 is 0 Å². The molecule has 0 amide bonds. The molecule has 20 heavy (non-hydrogen) atoms. The van der Waals surface area contributed by atoms with Gasteiger partial charge in [0, 0.05) is 38.9 Å². The van der Waals surface area contributed by atoms with Crippen LogP contribution < -0.4 is 5.32 Å². The maximum atomic E-state index is 5.64. The molecule has 2 heterocycles. The SMILES string of the molecule is CCCNCC1(CN2CCOCC2CC)CCOCC1. The summed E-state index contributed by atoms with van der Waals surface area (Å²) in [6.45, 7) is 12.7. The maximum absolute atomic E-state index is 5.64. The average Bonchev–Trinajstić information content (AvgIpc) is 2.49. The number of nitrogens with one attached hydrogen (secondary N) is 1. The highest BCUT2D eigenvalue weighted by Crippen LogP contribution is 2.32. The minimum absolute atomic E-state index is 0.401. The molecular weight excluding hydrogens is 252 g/mol. The smallest absolute Gasteiger partial charge is 0.0622 e. The first-order valence-electron chi connectivity index (χ1n) is 8.40. The van der Waals surface area contributed by atoms with Crippen LogP contribution in [0.1, 0.15) is 39.5 Å². The summed E-state index contributed by atoms with van der Waals surface area (Å²) in [5.74, 6) is 0. The van der Waals surface area contributed by atoms with Crippen LogP contribution in [0.2, 0.25) is 0 Å². The highest BCUT2D eigenvalue weighted by molar-refractivity contribution is 4.89. The Balaban J connectivity index is 1.94. The number of hydrogen-bond acceptors (Lipinski definition) is 4. The van der Waals surface area contributed by atoms with Crippen molar-refractivity contribution in [1.82, 2.24) is 10.2 Å². The Morgan fingerprint density at radius 3 is 2.65 bits per heavy atom. The molecule has 1 N–H and O–H groups in total. The lowest BCUT2D eigenvalue weighted by Gasteiger charge is -2.45. The summed E-state index contributed by atoms with van der Waals surface area (Å²) >= 11 is 0. The second-order valence-electron chi connectivity index (χ2n) is 6.40. The second kappa shape index (κ2) is 8.32. The van der Waals surface area contributed by atoms with Gasteiger partial charge in [0.2, 0.25) is 0 Å². The lowest BCUT2D eigenvalue weighted by atomic mass is 9.79. The van der Waals surface area contributed by atoms with E-state index in [2.05, 4.69) is 24.1 Å². The lowest BCUT2D eigenvalue weighted by Crippen LogP contribution is -2.53. The quantitative estimate of drug-likeness (QED) is 0.724. The molecule has 2 fully saturated rings. The van der Waals surface area contributed by atoms with Crippen molar-refractivity contribution in [3.05, 3.63) is 0 Å². The van der Waals surface area contributed by atoms with Gasteiger partial charge in [-0.05, 0) is 37.6 Å². The van der Waals surface area contributed by atoms with Crippen LogP contribution in [0.15, 0.2) is 0 Å². The molecule has 4 nitrogen and oxygen atoms in total. The van der Waals surface area contributed by atoms with E-state index >= 15 is 0 Å². The molecule has 0 aromatic heterocycles. The largest absolute Gasteiger partial charge is 0.381 e. The summed E-state index contributed by atoms with van der Waals surface area (Å²) in [5.41, 5.74) is 0.401. The Morgan fingerprint density at radius 1 is 1.15 bits per heavy atom. The van der Waals surface area contributed by atoms with Gasteiger partial charge in [-0.3, -0.25) is 4.90 Å². The van der Waals surface area contributed by atoms with Gasteiger partial charge in [0.05, 0.1) is 13.2 Å². The van der Waals surface area contributed by atoms with Gasteiger partial charge in [0.15, 0.2) is 0 Å². The molecule has 0 aliphatic carbocycles. The van der Waals surface area contributed by atoms with E-state index in [1.165, 1.54) is 32.2 Å². The van der Waals surface area contributed by atoms with E-state index in [1.807, 2.05) is 0 Å². The van der Waals surface area contributed by atoms with Crippen LogP contribution in [0.5, 0.6) is 0 Å². The minimum atomic E-state index is 0.401. The molecule has 0 saturated carbocycles. The van der Waals surface area contributed by atoms with Crippen molar-refractivity contribution >= 4 is 0 Å². The molecule has 4 heteroatoms. The Bertz CT molecular complexity index is 267. The van der Waals surface area contributed by atoms with Gasteiger partial charge in [-0.15, -0.1) is 0 Å². The molecule has 2 aliphatic rings. The minimum Gasteiger partial charge on any atom is -0.381 e. The zero-order valence-electron chi connectivity index (χ0n) is 13.3. The zero-order chi connectivity index (χ0) is 14.3. The molecule has 1 unspecified atom stereocenters. The topological polar surface area (TPSA) is 33.7 Å². The van der Waals surface area contributed by atoms with E-state index in [-0.39, 0.29) is 0 Å². The van der Waals surface area contributed by atoms with Crippen molar-refractivity contribution in [3.63, 3.8) is 0 Å². The van der Waals surface area contributed by atoms with Crippen LogP contribution in [0.3, 0.4) is 0 Å². The fourth-order valence-corrected chi connectivity index (χ4v) is 3.43. The molecule has 0 aromatic rings. The first-order chi connectivity index (χ1) is 9.79. The van der Waals surface area contributed by atoms with Gasteiger partial charge in [-0.1, -0.05) is 13.8 Å². The number of hydrogen-bond donors (Lipinski definition) is 1. The zero-order valence-corrected chi connectivity index (χ0v) is 13.3. The monoisotopic (exact) mass is 284 g/mol. The number of rotatable bonds is 7. The molecular formula is C16H32N2O2. The summed E-state index contributed by atoms with van der Waals surface area (Å²) in [6.07, 6.45) is 4.78. The summed E-state index contributed by atoms with van der Waals surface area (Å²) < 4.78 is 11.2. The second-order valence-corrected chi connectivity index (χ2v) is 6.40. The van der Waals surface area contributed by atoms with Gasteiger partial charge in [0.1, 0.15) is 0 Å². The summed E-state index contributed by atoms with van der Waals surface area (Å²) in [7, 11) is 0. The lowest BCUT2D eigenvalue weighted by molar-refractivity contribution is -0.0544. The van der Waals surface area contributed by atoms with Crippen molar-refractivity contribution in [3.8, 4) is 0 Å². The van der Waals surface area contributed by atoms with Gasteiger partial charge < -0.3 is 14.8 Å². The summed E-state index contributed by atoms with van der Waals surface area (Å²) in [4.78, 5) is 2.67. The third-order valence-corrected chi connectivity index (χ3v) is 4.84. The Kier molecular flexibility index (Phi) is 6.75. The Labute approximate surface area is 124 Å². The number of morpholine rings is 1. The molecule has 0 aromatic carbocycles. The molecule has 1 atom stereocenters. The van der Waals surface area contributed by atoms with Crippen molar-refractivity contribution in [1.29, 1.82) is 0 Å². The van der Waals surface area contributed by atoms with Gasteiger partial charge in [0.25, 0.3) is 0 Å². The highest BCUT2D eigenvalue weighted by atomic mass is 16.5. The fraction of sp³-hybridized carbons (Fsp3) is 1.00. The molecule has 0 spiro atoms. The van der Waals surface area contributed by atoms with Crippen LogP contribution in [0, 0.1) is 5.41 Å². The summed E-state index contributed by atoms with van der Waals surface area (Å²) in [5, 5.41) is 3.65. The van der Waals surface area contributed by atoms with Crippen molar-refractivity contribution < 1.29 is 9.47 Å². The first-order valence-corrected chi connectivity index (χ1v) is 8.40. The normalized spacial score (nSPS) is 27.6. The van der Waals surface area contributed by atoms with E-state index in [0.717, 1.165) is 46.1 Å².